The maximum absolute atomic E-state index is 9.57. The fourth-order valence-corrected chi connectivity index (χ4v) is 1.43. The van der Waals surface area contributed by atoms with E-state index in [9.17, 15) is 5.11 Å². The second-order valence-electron chi connectivity index (χ2n) is 2.83. The minimum Gasteiger partial charge on any atom is -0.388 e. The molecule has 1 unspecified atom stereocenters. The Hall–Kier alpha value is -0.980. The van der Waals surface area contributed by atoms with Crippen LogP contribution >= 0.6 is 11.8 Å². The van der Waals surface area contributed by atoms with Crippen LogP contribution in [0.3, 0.4) is 0 Å². The number of nitriles is 1. The molecule has 0 aliphatic rings. The van der Waals surface area contributed by atoms with Crippen molar-refractivity contribution in [3.63, 3.8) is 0 Å². The Morgan fingerprint density at radius 3 is 2.62 bits per heavy atom. The molecule has 0 bridgehead atoms. The monoisotopic (exact) mass is 193 g/mol. The third kappa shape index (κ3) is 3.10. The summed E-state index contributed by atoms with van der Waals surface area (Å²) in [4.78, 5) is 0. The molecule has 13 heavy (non-hydrogen) atoms. The van der Waals surface area contributed by atoms with E-state index in [4.69, 9.17) is 5.26 Å². The molecule has 2 nitrogen and oxygen atoms in total. The molecule has 0 saturated carbocycles. The van der Waals surface area contributed by atoms with Crippen LogP contribution in [0.15, 0.2) is 24.3 Å². The van der Waals surface area contributed by atoms with Gasteiger partial charge in [-0.2, -0.15) is 5.26 Å². The minimum atomic E-state index is -0.537. The number of hydrogen-bond donors (Lipinski definition) is 1. The lowest BCUT2D eigenvalue weighted by atomic mass is 10.1. The third-order valence-corrected chi connectivity index (χ3v) is 2.38. The Balaban J connectivity index is 2.62. The molecule has 1 N–H and O–H groups in total. The Kier molecular flexibility index (Phi) is 3.81. The summed E-state index contributed by atoms with van der Waals surface area (Å²) in [5.74, 6) is 0.430. The summed E-state index contributed by atoms with van der Waals surface area (Å²) in [6, 6.07) is 7.68. The summed E-state index contributed by atoms with van der Waals surface area (Å²) in [7, 11) is 0. The quantitative estimate of drug-likeness (QED) is 0.749. The van der Waals surface area contributed by atoms with E-state index in [2.05, 4.69) is 0 Å². The van der Waals surface area contributed by atoms with Crippen LogP contribution in [0.1, 0.15) is 17.2 Å². The summed E-state index contributed by atoms with van der Waals surface area (Å²) in [6.45, 7) is 2.00. The zero-order valence-electron chi connectivity index (χ0n) is 7.40. The van der Waals surface area contributed by atoms with Crippen LogP contribution in [-0.4, -0.2) is 10.9 Å². The van der Waals surface area contributed by atoms with Crippen molar-refractivity contribution in [1.29, 1.82) is 5.26 Å². The summed E-state index contributed by atoms with van der Waals surface area (Å²) >= 11 is 1.07. The highest BCUT2D eigenvalue weighted by atomic mass is 32.2. The van der Waals surface area contributed by atoms with Gasteiger partial charge in [0.25, 0.3) is 0 Å². The first kappa shape index (κ1) is 10.1. The van der Waals surface area contributed by atoms with Gasteiger partial charge in [-0.15, -0.1) is 0 Å². The number of aliphatic hydroxyl groups excluding tert-OH is 1. The maximum atomic E-state index is 9.57. The lowest BCUT2D eigenvalue weighted by Crippen LogP contribution is -1.99. The highest BCUT2D eigenvalue weighted by molar-refractivity contribution is 8.03. The van der Waals surface area contributed by atoms with Gasteiger partial charge >= 0.3 is 0 Å². The normalized spacial score (nSPS) is 12.1. The second-order valence-corrected chi connectivity index (χ2v) is 3.63. The van der Waals surface area contributed by atoms with Crippen LogP contribution in [0.4, 0.5) is 0 Å². The van der Waals surface area contributed by atoms with Crippen molar-refractivity contribution < 1.29 is 5.11 Å². The van der Waals surface area contributed by atoms with E-state index < -0.39 is 6.10 Å². The zero-order chi connectivity index (χ0) is 9.68. The molecule has 0 fully saturated rings. The van der Waals surface area contributed by atoms with Gasteiger partial charge in [0.15, 0.2) is 0 Å². The van der Waals surface area contributed by atoms with Crippen molar-refractivity contribution in [2.45, 2.75) is 13.0 Å². The highest BCUT2D eigenvalue weighted by Gasteiger charge is 2.06. The number of nitrogens with zero attached hydrogens (tertiary/aromatic N) is 1. The summed E-state index contributed by atoms with van der Waals surface area (Å²) in [6.07, 6.45) is -0.537. The molecule has 0 spiro atoms. The van der Waals surface area contributed by atoms with Gasteiger partial charge < -0.3 is 5.11 Å². The van der Waals surface area contributed by atoms with E-state index in [0.29, 0.717) is 5.75 Å². The van der Waals surface area contributed by atoms with E-state index in [1.54, 1.807) is 0 Å². The maximum Gasteiger partial charge on any atom is 0.133 e. The van der Waals surface area contributed by atoms with Crippen LogP contribution in [0.25, 0.3) is 0 Å². The van der Waals surface area contributed by atoms with Crippen molar-refractivity contribution in [2.24, 2.45) is 0 Å². The first-order valence-corrected chi connectivity index (χ1v) is 4.98. The van der Waals surface area contributed by atoms with Crippen molar-refractivity contribution in [3.05, 3.63) is 35.4 Å². The van der Waals surface area contributed by atoms with E-state index in [1.807, 2.05) is 36.6 Å². The van der Waals surface area contributed by atoms with Crippen LogP contribution in [0, 0.1) is 17.6 Å². The first-order valence-electron chi connectivity index (χ1n) is 3.99. The van der Waals surface area contributed by atoms with Crippen LogP contribution in [0.5, 0.6) is 0 Å². The predicted octanol–water partition coefficient (Wildman–Crippen LogP) is 2.24. The average molecular weight is 193 g/mol. The van der Waals surface area contributed by atoms with Gasteiger partial charge in [-0.25, -0.2) is 0 Å². The number of thioether (sulfide) groups is 1. The summed E-state index contributed by atoms with van der Waals surface area (Å²) < 4.78 is 0. The molecule has 0 radical (unpaired) electrons. The zero-order valence-corrected chi connectivity index (χ0v) is 8.21. The fraction of sp³-hybridized carbons (Fsp3) is 0.300. The first-order chi connectivity index (χ1) is 6.24. The summed E-state index contributed by atoms with van der Waals surface area (Å²) in [5.41, 5.74) is 2.04. The van der Waals surface area contributed by atoms with E-state index in [1.165, 1.54) is 5.56 Å². The van der Waals surface area contributed by atoms with Crippen LogP contribution < -0.4 is 0 Å². The second kappa shape index (κ2) is 4.90. The van der Waals surface area contributed by atoms with Crippen molar-refractivity contribution >= 4 is 11.8 Å². The Morgan fingerprint density at radius 1 is 1.46 bits per heavy atom. The molecule has 3 heteroatoms. The van der Waals surface area contributed by atoms with Gasteiger partial charge in [-0.1, -0.05) is 29.8 Å². The molecule has 0 aliphatic carbocycles. The van der Waals surface area contributed by atoms with Gasteiger partial charge in [0, 0.05) is 5.75 Å². The largest absolute Gasteiger partial charge is 0.388 e. The molecule has 0 aromatic heterocycles. The number of thiocyanates is 1. The Bertz CT molecular complexity index is 302. The van der Waals surface area contributed by atoms with E-state index in [0.717, 1.165) is 17.3 Å². The van der Waals surface area contributed by atoms with Gasteiger partial charge in [0.2, 0.25) is 0 Å². The van der Waals surface area contributed by atoms with Gasteiger partial charge in [-0.3, -0.25) is 0 Å². The molecule has 0 amide bonds. The predicted molar refractivity (Wildman–Crippen MR) is 54.2 cm³/mol. The molecule has 1 rings (SSSR count). The lowest BCUT2D eigenvalue weighted by Gasteiger charge is -2.07. The Labute approximate surface area is 82.2 Å². The lowest BCUT2D eigenvalue weighted by molar-refractivity contribution is 0.204. The van der Waals surface area contributed by atoms with Crippen molar-refractivity contribution in [2.75, 3.05) is 5.75 Å². The average Bonchev–Trinajstić information content (AvgIpc) is 2.15. The van der Waals surface area contributed by atoms with Gasteiger partial charge in [0.1, 0.15) is 5.40 Å². The molecule has 0 saturated heterocycles. The molecule has 1 atom stereocenters. The molecular weight excluding hydrogens is 182 g/mol. The fourth-order valence-electron chi connectivity index (χ4n) is 1.00. The van der Waals surface area contributed by atoms with Crippen LogP contribution in [0.2, 0.25) is 0 Å². The highest BCUT2D eigenvalue weighted by Crippen LogP contribution is 2.17. The molecule has 1 aromatic carbocycles. The number of aliphatic hydroxyl groups is 1. The topological polar surface area (TPSA) is 44.0 Å². The smallest absolute Gasteiger partial charge is 0.133 e. The number of rotatable bonds is 3. The van der Waals surface area contributed by atoms with E-state index in [-0.39, 0.29) is 0 Å². The number of aryl methyl sites for hydroxylation is 1. The van der Waals surface area contributed by atoms with Gasteiger partial charge in [-0.05, 0) is 24.2 Å². The van der Waals surface area contributed by atoms with Crippen molar-refractivity contribution in [1.82, 2.24) is 0 Å². The molecule has 68 valence electrons. The van der Waals surface area contributed by atoms with Crippen LogP contribution in [-0.2, 0) is 0 Å². The van der Waals surface area contributed by atoms with E-state index >= 15 is 0 Å². The molecule has 0 aliphatic heterocycles. The minimum absolute atomic E-state index is 0.430. The number of hydrogen-bond acceptors (Lipinski definition) is 3. The summed E-state index contributed by atoms with van der Waals surface area (Å²) in [5, 5.41) is 19.8. The molecule has 0 heterocycles. The standard InChI is InChI=1S/C10H11NOS/c1-8-2-4-9(5-3-8)10(12)6-13-7-11/h2-5,10,12H,6H2,1H3. The Morgan fingerprint density at radius 2 is 2.08 bits per heavy atom. The SMILES string of the molecule is Cc1ccc(C(O)CSC#N)cc1. The third-order valence-electron chi connectivity index (χ3n) is 1.77. The number of benzene rings is 1. The van der Waals surface area contributed by atoms with Gasteiger partial charge in [0.05, 0.1) is 6.10 Å². The molecule has 1 aromatic rings. The molecular formula is C10H11NOS. The van der Waals surface area contributed by atoms with Crippen molar-refractivity contribution in [3.8, 4) is 5.40 Å².